The van der Waals surface area contributed by atoms with Crippen LogP contribution in [0.5, 0.6) is 0 Å². The summed E-state index contributed by atoms with van der Waals surface area (Å²) in [5, 5.41) is 0. The normalized spacial score (nSPS) is 9.42. The molecule has 0 saturated heterocycles. The highest BCUT2D eigenvalue weighted by Crippen LogP contribution is 1.95. The highest BCUT2D eigenvalue weighted by Gasteiger charge is 1.92. The molecule has 5 heteroatoms. The van der Waals surface area contributed by atoms with Crippen molar-refractivity contribution in [2.45, 2.75) is 13.5 Å². The molecule has 0 saturated carbocycles. The SMILES string of the molecule is Cc1cnc(CN=C(N)N)cn1. The lowest BCUT2D eigenvalue weighted by atomic mass is 10.4. The second-order valence-corrected chi connectivity index (χ2v) is 2.39. The van der Waals surface area contributed by atoms with Crippen molar-refractivity contribution < 1.29 is 0 Å². The van der Waals surface area contributed by atoms with Crippen LogP contribution in [0.15, 0.2) is 17.4 Å². The van der Waals surface area contributed by atoms with E-state index < -0.39 is 0 Å². The summed E-state index contributed by atoms with van der Waals surface area (Å²) in [6, 6.07) is 0. The lowest BCUT2D eigenvalue weighted by Crippen LogP contribution is -2.22. The second kappa shape index (κ2) is 3.66. The van der Waals surface area contributed by atoms with E-state index in [2.05, 4.69) is 15.0 Å². The zero-order chi connectivity index (χ0) is 8.97. The Morgan fingerprint density at radius 3 is 2.67 bits per heavy atom. The molecule has 0 unspecified atom stereocenters. The molecule has 1 heterocycles. The molecule has 0 atom stereocenters. The standard InChI is InChI=1S/C7H11N5/c1-5-2-11-6(3-10-5)4-12-7(8)9/h2-3H,4H2,1H3,(H4,8,9,12). The van der Waals surface area contributed by atoms with Gasteiger partial charge >= 0.3 is 0 Å². The molecule has 0 aliphatic rings. The molecule has 0 aliphatic carbocycles. The van der Waals surface area contributed by atoms with E-state index in [-0.39, 0.29) is 5.96 Å². The molecule has 0 bridgehead atoms. The van der Waals surface area contributed by atoms with E-state index >= 15 is 0 Å². The van der Waals surface area contributed by atoms with Gasteiger partial charge in [-0.15, -0.1) is 0 Å². The molecule has 0 spiro atoms. The summed E-state index contributed by atoms with van der Waals surface area (Å²) < 4.78 is 0. The second-order valence-electron chi connectivity index (χ2n) is 2.39. The van der Waals surface area contributed by atoms with Crippen LogP contribution in [0.25, 0.3) is 0 Å². The molecule has 4 N–H and O–H groups in total. The lowest BCUT2D eigenvalue weighted by molar-refractivity contribution is 0.942. The summed E-state index contributed by atoms with van der Waals surface area (Å²) in [6.45, 7) is 2.26. The van der Waals surface area contributed by atoms with Crippen LogP contribution in [0.4, 0.5) is 0 Å². The zero-order valence-electron chi connectivity index (χ0n) is 6.86. The van der Waals surface area contributed by atoms with Crippen molar-refractivity contribution in [1.82, 2.24) is 9.97 Å². The minimum atomic E-state index is 0.0670. The quantitative estimate of drug-likeness (QED) is 0.459. The topological polar surface area (TPSA) is 90.2 Å². The average Bonchev–Trinajstić information content (AvgIpc) is 2.03. The van der Waals surface area contributed by atoms with Gasteiger partial charge in [-0.2, -0.15) is 0 Å². The van der Waals surface area contributed by atoms with Crippen molar-refractivity contribution >= 4 is 5.96 Å². The van der Waals surface area contributed by atoms with E-state index in [4.69, 9.17) is 11.5 Å². The van der Waals surface area contributed by atoms with Crippen molar-refractivity contribution in [1.29, 1.82) is 0 Å². The van der Waals surface area contributed by atoms with Gasteiger partial charge in [-0.3, -0.25) is 9.97 Å². The van der Waals surface area contributed by atoms with Gasteiger partial charge in [0, 0.05) is 6.20 Å². The van der Waals surface area contributed by atoms with Gasteiger partial charge in [0.25, 0.3) is 0 Å². The Bertz CT molecular complexity index is 272. The van der Waals surface area contributed by atoms with Crippen LogP contribution in [0.1, 0.15) is 11.4 Å². The lowest BCUT2D eigenvalue weighted by Gasteiger charge is -1.95. The average molecular weight is 165 g/mol. The van der Waals surface area contributed by atoms with Crippen molar-refractivity contribution in [2.24, 2.45) is 16.5 Å². The van der Waals surface area contributed by atoms with Crippen LogP contribution >= 0.6 is 0 Å². The largest absolute Gasteiger partial charge is 0.370 e. The van der Waals surface area contributed by atoms with E-state index in [1.165, 1.54) is 0 Å². The number of guanidine groups is 1. The maximum absolute atomic E-state index is 5.15. The first-order chi connectivity index (χ1) is 5.68. The molecule has 0 radical (unpaired) electrons. The number of hydrogen-bond acceptors (Lipinski definition) is 3. The van der Waals surface area contributed by atoms with Crippen LogP contribution in [0.3, 0.4) is 0 Å². The van der Waals surface area contributed by atoms with Crippen molar-refractivity contribution in [3.05, 3.63) is 23.8 Å². The summed E-state index contributed by atoms with van der Waals surface area (Å²) in [7, 11) is 0. The molecule has 5 nitrogen and oxygen atoms in total. The summed E-state index contributed by atoms with van der Waals surface area (Å²) in [6.07, 6.45) is 3.33. The third-order valence-corrected chi connectivity index (χ3v) is 1.26. The zero-order valence-corrected chi connectivity index (χ0v) is 6.86. The van der Waals surface area contributed by atoms with Crippen LogP contribution in [-0.4, -0.2) is 15.9 Å². The minimum Gasteiger partial charge on any atom is -0.370 e. The van der Waals surface area contributed by atoms with Crippen molar-refractivity contribution in [3.63, 3.8) is 0 Å². The summed E-state index contributed by atoms with van der Waals surface area (Å²) in [4.78, 5) is 11.9. The van der Waals surface area contributed by atoms with E-state index in [9.17, 15) is 0 Å². The number of nitrogens with two attached hydrogens (primary N) is 2. The molecule has 64 valence electrons. The molecule has 1 aromatic heterocycles. The molecular formula is C7H11N5. The molecule has 0 fully saturated rings. The van der Waals surface area contributed by atoms with Crippen LogP contribution in [0, 0.1) is 6.92 Å². The van der Waals surface area contributed by atoms with Crippen LogP contribution in [-0.2, 0) is 6.54 Å². The smallest absolute Gasteiger partial charge is 0.186 e. The first kappa shape index (κ1) is 8.45. The monoisotopic (exact) mass is 165 g/mol. The Morgan fingerprint density at radius 2 is 2.17 bits per heavy atom. The first-order valence-corrected chi connectivity index (χ1v) is 3.51. The third kappa shape index (κ3) is 2.53. The third-order valence-electron chi connectivity index (χ3n) is 1.26. The predicted molar refractivity (Wildman–Crippen MR) is 46.3 cm³/mol. The number of aromatic nitrogens is 2. The van der Waals surface area contributed by atoms with Gasteiger partial charge in [0.15, 0.2) is 5.96 Å². The summed E-state index contributed by atoms with van der Waals surface area (Å²) >= 11 is 0. The van der Waals surface area contributed by atoms with Gasteiger partial charge in [-0.25, -0.2) is 4.99 Å². The minimum absolute atomic E-state index is 0.0670. The van der Waals surface area contributed by atoms with Crippen LogP contribution < -0.4 is 11.5 Å². The Balaban J connectivity index is 2.65. The maximum Gasteiger partial charge on any atom is 0.186 e. The fraction of sp³-hybridized carbons (Fsp3) is 0.286. The van der Waals surface area contributed by atoms with Gasteiger partial charge < -0.3 is 11.5 Å². The van der Waals surface area contributed by atoms with E-state index in [0.29, 0.717) is 6.54 Å². The Kier molecular flexibility index (Phi) is 2.57. The van der Waals surface area contributed by atoms with E-state index in [1.54, 1.807) is 12.4 Å². The Labute approximate surface area is 70.5 Å². The molecule has 0 amide bonds. The predicted octanol–water partition coefficient (Wildman–Crippen LogP) is -0.442. The number of aryl methyl sites for hydroxylation is 1. The number of hydrogen-bond donors (Lipinski definition) is 2. The maximum atomic E-state index is 5.15. The van der Waals surface area contributed by atoms with Crippen molar-refractivity contribution in [3.8, 4) is 0 Å². The van der Waals surface area contributed by atoms with Gasteiger partial charge in [0.1, 0.15) is 0 Å². The molecule has 1 rings (SSSR count). The Hall–Kier alpha value is -1.65. The molecular weight excluding hydrogens is 154 g/mol. The fourth-order valence-corrected chi connectivity index (χ4v) is 0.673. The number of rotatable bonds is 2. The number of aliphatic imine (C=N–C) groups is 1. The van der Waals surface area contributed by atoms with Gasteiger partial charge in [0.05, 0.1) is 24.1 Å². The van der Waals surface area contributed by atoms with Gasteiger partial charge in [-0.1, -0.05) is 0 Å². The molecule has 1 aromatic rings. The fourth-order valence-electron chi connectivity index (χ4n) is 0.673. The summed E-state index contributed by atoms with van der Waals surface area (Å²) in [5.74, 6) is 0.0670. The Morgan fingerprint density at radius 1 is 1.42 bits per heavy atom. The van der Waals surface area contributed by atoms with Crippen LogP contribution in [0.2, 0.25) is 0 Å². The molecule has 0 aromatic carbocycles. The first-order valence-electron chi connectivity index (χ1n) is 3.51. The van der Waals surface area contributed by atoms with Gasteiger partial charge in [-0.05, 0) is 6.92 Å². The van der Waals surface area contributed by atoms with Crippen molar-refractivity contribution in [2.75, 3.05) is 0 Å². The number of nitrogens with zero attached hydrogens (tertiary/aromatic N) is 3. The van der Waals surface area contributed by atoms with E-state index in [1.807, 2.05) is 6.92 Å². The van der Waals surface area contributed by atoms with E-state index in [0.717, 1.165) is 11.4 Å². The molecule has 12 heavy (non-hydrogen) atoms. The van der Waals surface area contributed by atoms with Gasteiger partial charge in [0.2, 0.25) is 0 Å². The highest BCUT2D eigenvalue weighted by atomic mass is 15.0. The summed E-state index contributed by atoms with van der Waals surface area (Å²) in [5.41, 5.74) is 11.9. The molecule has 0 aliphatic heterocycles. The highest BCUT2D eigenvalue weighted by molar-refractivity contribution is 5.75.